The summed E-state index contributed by atoms with van der Waals surface area (Å²) in [7, 11) is 0. The lowest BCUT2D eigenvalue weighted by atomic mass is 10.2. The van der Waals surface area contributed by atoms with E-state index in [2.05, 4.69) is 15.2 Å². The van der Waals surface area contributed by atoms with Crippen LogP contribution in [0.2, 0.25) is 5.02 Å². The van der Waals surface area contributed by atoms with Gasteiger partial charge < -0.3 is 19.9 Å². The molecule has 2 N–H and O–H groups in total. The van der Waals surface area contributed by atoms with Gasteiger partial charge in [0.05, 0.1) is 0 Å². The Balaban J connectivity index is 1.27. The molecule has 0 radical (unpaired) electrons. The number of imide groups is 1. The van der Waals surface area contributed by atoms with Crippen molar-refractivity contribution in [1.29, 1.82) is 0 Å². The molecule has 0 aliphatic carbocycles. The number of urea groups is 1. The largest absolute Gasteiger partial charge is 0.489 e. The van der Waals surface area contributed by atoms with E-state index < -0.39 is 17.8 Å². The smallest absolute Gasteiger partial charge is 0.329 e. The van der Waals surface area contributed by atoms with E-state index in [1.54, 1.807) is 18.2 Å². The molecule has 9 heteroatoms. The van der Waals surface area contributed by atoms with Crippen molar-refractivity contribution < 1.29 is 19.1 Å². The van der Waals surface area contributed by atoms with Gasteiger partial charge in [0.2, 0.25) is 5.91 Å². The summed E-state index contributed by atoms with van der Waals surface area (Å²) in [5, 5.41) is 5.97. The standard InChI is InChI=1S/C32H29ClN4O4/c1-20-8-10-25(11-9-20)34-30(38)18-36-31(39)29(35-32(36)40)17-24-16-21(2)37(22(24)3)26-12-14-27(15-13-26)41-19-23-6-4-5-7-28(23)33/h4-17H,18-19H2,1-3H3,(H,34,38)(H,35,40)/b29-17+. The van der Waals surface area contributed by atoms with Crippen LogP contribution in [0.25, 0.3) is 11.8 Å². The number of halogens is 1. The van der Waals surface area contributed by atoms with Gasteiger partial charge in [0, 0.05) is 33.3 Å². The Labute approximate surface area is 243 Å². The van der Waals surface area contributed by atoms with Crippen molar-refractivity contribution in [1.82, 2.24) is 14.8 Å². The monoisotopic (exact) mass is 568 g/mol. The van der Waals surface area contributed by atoms with Crippen molar-refractivity contribution in [3.8, 4) is 11.4 Å². The second kappa shape index (κ2) is 11.7. The van der Waals surface area contributed by atoms with Crippen LogP contribution in [0, 0.1) is 20.8 Å². The molecule has 8 nitrogen and oxygen atoms in total. The number of benzene rings is 3. The molecule has 1 aliphatic rings. The zero-order valence-electron chi connectivity index (χ0n) is 22.9. The van der Waals surface area contributed by atoms with Crippen LogP contribution in [0.4, 0.5) is 10.5 Å². The third-order valence-electron chi connectivity index (χ3n) is 6.82. The molecule has 1 saturated heterocycles. The van der Waals surface area contributed by atoms with Gasteiger partial charge in [-0.3, -0.25) is 9.59 Å². The predicted octanol–water partition coefficient (Wildman–Crippen LogP) is 6.17. The van der Waals surface area contributed by atoms with Crippen LogP contribution in [0.1, 0.15) is 28.1 Å². The number of ether oxygens (including phenoxy) is 1. The van der Waals surface area contributed by atoms with Crippen molar-refractivity contribution in [3.63, 3.8) is 0 Å². The van der Waals surface area contributed by atoms with Gasteiger partial charge in [0.1, 0.15) is 24.6 Å². The van der Waals surface area contributed by atoms with Gasteiger partial charge in [0.15, 0.2) is 0 Å². The molecule has 1 fully saturated rings. The fraction of sp³-hybridized carbons (Fsp3) is 0.156. The predicted molar refractivity (Wildman–Crippen MR) is 159 cm³/mol. The summed E-state index contributed by atoms with van der Waals surface area (Å²) in [5.74, 6) is -0.306. The number of hydrogen-bond acceptors (Lipinski definition) is 4. The van der Waals surface area contributed by atoms with E-state index in [1.807, 2.05) is 87.5 Å². The van der Waals surface area contributed by atoms with Crippen molar-refractivity contribution in [2.24, 2.45) is 0 Å². The molecule has 41 heavy (non-hydrogen) atoms. The Morgan fingerprint density at radius 1 is 0.976 bits per heavy atom. The maximum absolute atomic E-state index is 13.0. The topological polar surface area (TPSA) is 92.7 Å². The maximum Gasteiger partial charge on any atom is 0.329 e. The van der Waals surface area contributed by atoms with E-state index in [9.17, 15) is 14.4 Å². The quantitative estimate of drug-likeness (QED) is 0.196. The van der Waals surface area contributed by atoms with Crippen LogP contribution in [0.15, 0.2) is 84.6 Å². The minimum Gasteiger partial charge on any atom is -0.489 e. The summed E-state index contributed by atoms with van der Waals surface area (Å²) in [6.45, 7) is 5.82. The molecule has 0 atom stereocenters. The summed E-state index contributed by atoms with van der Waals surface area (Å²) in [6, 6.07) is 23.8. The Kier molecular flexibility index (Phi) is 7.94. The molecule has 0 saturated carbocycles. The average molecular weight is 569 g/mol. The highest BCUT2D eigenvalue weighted by Crippen LogP contribution is 2.26. The molecule has 208 valence electrons. The first kappa shape index (κ1) is 27.7. The van der Waals surface area contributed by atoms with E-state index in [1.165, 1.54) is 0 Å². The van der Waals surface area contributed by atoms with Crippen LogP contribution in [0.3, 0.4) is 0 Å². The van der Waals surface area contributed by atoms with Gasteiger partial charge in [-0.15, -0.1) is 0 Å². The van der Waals surface area contributed by atoms with Crippen LogP contribution in [-0.4, -0.2) is 33.9 Å². The van der Waals surface area contributed by atoms with E-state index in [-0.39, 0.29) is 12.2 Å². The van der Waals surface area contributed by atoms with E-state index in [0.717, 1.165) is 38.7 Å². The average Bonchev–Trinajstić information content (AvgIpc) is 3.38. The summed E-state index contributed by atoms with van der Waals surface area (Å²) >= 11 is 6.22. The minimum absolute atomic E-state index is 0.113. The van der Waals surface area contributed by atoms with E-state index in [4.69, 9.17) is 16.3 Å². The number of anilines is 1. The van der Waals surface area contributed by atoms with Gasteiger partial charge in [-0.2, -0.15) is 0 Å². The lowest BCUT2D eigenvalue weighted by molar-refractivity contribution is -0.127. The zero-order valence-corrected chi connectivity index (χ0v) is 23.7. The van der Waals surface area contributed by atoms with Crippen LogP contribution >= 0.6 is 11.6 Å². The number of carbonyl (C=O) groups excluding carboxylic acids is 3. The van der Waals surface area contributed by atoms with Crippen LogP contribution < -0.4 is 15.4 Å². The Morgan fingerprint density at radius 2 is 1.68 bits per heavy atom. The molecule has 1 aromatic heterocycles. The van der Waals surface area contributed by atoms with Gasteiger partial charge in [-0.25, -0.2) is 9.69 Å². The van der Waals surface area contributed by atoms with Crippen molar-refractivity contribution >= 4 is 41.2 Å². The molecular weight excluding hydrogens is 540 g/mol. The molecule has 1 aliphatic heterocycles. The minimum atomic E-state index is -0.638. The normalized spacial score (nSPS) is 14.0. The summed E-state index contributed by atoms with van der Waals surface area (Å²) in [5.41, 5.74) is 6.20. The number of nitrogens with zero attached hydrogens (tertiary/aromatic N) is 2. The molecule has 3 aromatic carbocycles. The van der Waals surface area contributed by atoms with Gasteiger partial charge >= 0.3 is 6.03 Å². The highest BCUT2D eigenvalue weighted by Gasteiger charge is 2.35. The SMILES string of the molecule is Cc1ccc(NC(=O)CN2C(=O)N/C(=C/c3cc(C)n(-c4ccc(OCc5ccccc5Cl)cc4)c3C)C2=O)cc1. The number of aromatic nitrogens is 1. The lowest BCUT2D eigenvalue weighted by Crippen LogP contribution is -2.38. The maximum atomic E-state index is 13.0. The molecule has 4 aromatic rings. The van der Waals surface area contributed by atoms with E-state index >= 15 is 0 Å². The summed E-state index contributed by atoms with van der Waals surface area (Å²) in [6.07, 6.45) is 1.64. The first-order chi connectivity index (χ1) is 19.7. The highest BCUT2D eigenvalue weighted by atomic mass is 35.5. The molecular formula is C32H29ClN4O4. The Hall–Kier alpha value is -4.82. The van der Waals surface area contributed by atoms with Crippen molar-refractivity contribution in [2.75, 3.05) is 11.9 Å². The molecule has 0 spiro atoms. The van der Waals surface area contributed by atoms with Gasteiger partial charge in [-0.1, -0.05) is 47.5 Å². The second-order valence-electron chi connectivity index (χ2n) is 9.83. The van der Waals surface area contributed by atoms with Gasteiger partial charge in [-0.05, 0) is 80.9 Å². The molecule has 2 heterocycles. The second-order valence-corrected chi connectivity index (χ2v) is 10.2. The van der Waals surface area contributed by atoms with Crippen molar-refractivity contribution in [3.05, 3.63) is 118 Å². The molecule has 0 unspecified atom stereocenters. The number of rotatable bonds is 8. The number of hydrogen-bond donors (Lipinski definition) is 2. The lowest BCUT2D eigenvalue weighted by Gasteiger charge is -2.12. The third-order valence-corrected chi connectivity index (χ3v) is 7.19. The summed E-state index contributed by atoms with van der Waals surface area (Å²) in [4.78, 5) is 38.9. The Morgan fingerprint density at radius 3 is 2.39 bits per heavy atom. The first-order valence-corrected chi connectivity index (χ1v) is 13.4. The third kappa shape index (κ3) is 6.18. The number of carbonyl (C=O) groups is 3. The molecule has 5 rings (SSSR count). The molecule has 0 bridgehead atoms. The fourth-order valence-corrected chi connectivity index (χ4v) is 4.84. The highest BCUT2D eigenvalue weighted by molar-refractivity contribution is 6.31. The fourth-order valence-electron chi connectivity index (χ4n) is 4.65. The molecule has 4 amide bonds. The first-order valence-electron chi connectivity index (χ1n) is 13.1. The number of amides is 4. The van der Waals surface area contributed by atoms with Gasteiger partial charge in [0.25, 0.3) is 5.91 Å². The van der Waals surface area contributed by atoms with Crippen LogP contribution in [0.5, 0.6) is 5.75 Å². The summed E-state index contributed by atoms with van der Waals surface area (Å²) < 4.78 is 7.96. The van der Waals surface area contributed by atoms with E-state index in [0.29, 0.717) is 23.1 Å². The van der Waals surface area contributed by atoms with Crippen molar-refractivity contribution in [2.45, 2.75) is 27.4 Å². The Bertz CT molecular complexity index is 1660. The number of aryl methyl sites for hydroxylation is 2. The zero-order chi connectivity index (χ0) is 29.1. The number of nitrogens with one attached hydrogen (secondary N) is 2. The van der Waals surface area contributed by atoms with Crippen LogP contribution in [-0.2, 0) is 16.2 Å².